The number of rotatable bonds is 3. The van der Waals surface area contributed by atoms with E-state index in [1.165, 1.54) is 27.9 Å². The maximum absolute atomic E-state index is 13.6. The largest absolute Gasteiger partial charge is 0.271 e. The van der Waals surface area contributed by atoms with Crippen molar-refractivity contribution in [3.05, 3.63) is 57.2 Å². The Labute approximate surface area is 130 Å². The Hall–Kier alpha value is -2.09. The number of nitrogens with zero attached hydrogens (tertiary/aromatic N) is 2. The summed E-state index contributed by atoms with van der Waals surface area (Å²) in [5.41, 5.74) is 4.56. The molecule has 1 atom stereocenters. The highest BCUT2D eigenvalue weighted by atomic mass is 32.1. The quantitative estimate of drug-likeness (QED) is 0.574. The molecule has 2 aromatic heterocycles. The third kappa shape index (κ3) is 2.33. The van der Waals surface area contributed by atoms with Crippen LogP contribution in [0.15, 0.2) is 34.4 Å². The molecule has 0 saturated carbocycles. The van der Waals surface area contributed by atoms with Crippen molar-refractivity contribution >= 4 is 16.3 Å². The van der Waals surface area contributed by atoms with E-state index in [-0.39, 0.29) is 11.6 Å². The Kier molecular flexibility index (Phi) is 3.78. The molecule has 3 aromatic rings. The van der Waals surface area contributed by atoms with E-state index in [0.717, 1.165) is 5.69 Å². The van der Waals surface area contributed by atoms with E-state index >= 15 is 0 Å². The number of fused-ring (bicyclic) bond motifs is 1. The summed E-state index contributed by atoms with van der Waals surface area (Å²) in [6.45, 7) is 3.65. The van der Waals surface area contributed by atoms with Crippen LogP contribution in [-0.4, -0.2) is 9.38 Å². The van der Waals surface area contributed by atoms with Crippen molar-refractivity contribution in [2.45, 2.75) is 19.9 Å². The topological polar surface area (TPSA) is 72.4 Å². The van der Waals surface area contributed by atoms with Gasteiger partial charge < -0.3 is 0 Å². The first-order valence-electron chi connectivity index (χ1n) is 6.75. The van der Waals surface area contributed by atoms with Crippen molar-refractivity contribution in [2.75, 3.05) is 0 Å². The number of thiazole rings is 1. The van der Waals surface area contributed by atoms with Crippen LogP contribution < -0.4 is 16.8 Å². The number of nitrogens with one attached hydrogen (secondary N) is 1. The molecular weight excluding hydrogens is 303 g/mol. The lowest BCUT2D eigenvalue weighted by molar-refractivity contribution is 0.587. The summed E-state index contributed by atoms with van der Waals surface area (Å²) < 4.78 is 15.1. The minimum Gasteiger partial charge on any atom is -0.271 e. The lowest BCUT2D eigenvalue weighted by atomic mass is 10.0. The van der Waals surface area contributed by atoms with Crippen LogP contribution in [-0.2, 0) is 0 Å². The number of aromatic nitrogens is 2. The van der Waals surface area contributed by atoms with Crippen LogP contribution in [0.3, 0.4) is 0 Å². The van der Waals surface area contributed by atoms with Gasteiger partial charge in [-0.15, -0.1) is 11.3 Å². The molecule has 0 aliphatic heterocycles. The zero-order valence-corrected chi connectivity index (χ0v) is 12.9. The van der Waals surface area contributed by atoms with Crippen LogP contribution in [0, 0.1) is 12.7 Å². The van der Waals surface area contributed by atoms with Gasteiger partial charge in [0, 0.05) is 11.1 Å². The molecule has 0 spiro atoms. The lowest BCUT2D eigenvalue weighted by Gasteiger charge is -2.15. The molecule has 0 bridgehead atoms. The molecule has 1 aromatic carbocycles. The molecule has 7 heteroatoms. The van der Waals surface area contributed by atoms with E-state index in [0.29, 0.717) is 21.8 Å². The highest BCUT2D eigenvalue weighted by Crippen LogP contribution is 2.26. The number of nitrogens with two attached hydrogens (primary N) is 1. The minimum atomic E-state index is -0.400. The molecule has 0 aliphatic rings. The fraction of sp³-hybridized carbons (Fsp3) is 0.200. The van der Waals surface area contributed by atoms with Gasteiger partial charge in [0.2, 0.25) is 0 Å². The third-order valence-corrected chi connectivity index (χ3v) is 4.49. The number of hydrogen-bond acceptors (Lipinski definition) is 5. The number of hydrazine groups is 1. The molecule has 0 unspecified atom stereocenters. The van der Waals surface area contributed by atoms with Crippen LogP contribution in [0.4, 0.5) is 4.39 Å². The van der Waals surface area contributed by atoms with Gasteiger partial charge in [-0.3, -0.25) is 20.5 Å². The molecule has 3 rings (SSSR count). The van der Waals surface area contributed by atoms with Crippen molar-refractivity contribution in [1.29, 1.82) is 0 Å². The van der Waals surface area contributed by atoms with E-state index in [4.69, 9.17) is 5.84 Å². The second kappa shape index (κ2) is 5.60. The molecule has 0 radical (unpaired) electrons. The van der Waals surface area contributed by atoms with Gasteiger partial charge in [-0.05, 0) is 31.5 Å². The summed E-state index contributed by atoms with van der Waals surface area (Å²) >= 11 is 1.39. The molecule has 2 heterocycles. The number of halogens is 1. The Morgan fingerprint density at radius 3 is 2.91 bits per heavy atom. The van der Waals surface area contributed by atoms with Gasteiger partial charge in [0.1, 0.15) is 5.82 Å². The molecule has 114 valence electrons. The molecular formula is C15H15FN4OS. The Balaban J connectivity index is 2.41. The summed E-state index contributed by atoms with van der Waals surface area (Å²) in [5.74, 6) is 5.11. The molecule has 0 saturated heterocycles. The minimum absolute atomic E-state index is 0.216. The van der Waals surface area contributed by atoms with Crippen LogP contribution in [0.1, 0.15) is 24.4 Å². The third-order valence-electron chi connectivity index (χ3n) is 3.54. The molecule has 22 heavy (non-hydrogen) atoms. The highest BCUT2D eigenvalue weighted by molar-refractivity contribution is 7.15. The number of hydrogen-bond donors (Lipinski definition) is 2. The summed E-state index contributed by atoms with van der Waals surface area (Å²) in [6.07, 6.45) is 0. The number of aryl methyl sites for hydroxylation is 1. The van der Waals surface area contributed by atoms with Crippen LogP contribution in [0.5, 0.6) is 0 Å². The van der Waals surface area contributed by atoms with Crippen molar-refractivity contribution < 1.29 is 4.39 Å². The zero-order chi connectivity index (χ0) is 15.9. The standard InChI is InChI=1S/C15H15FN4OS/c1-8-7-22-15-18-13(9(2)19-17)12(14(21)20(8)15)10-4-3-5-11(16)6-10/h3-7,9,19H,17H2,1-2H3/t9-/m0/s1. The van der Waals surface area contributed by atoms with E-state index < -0.39 is 5.82 Å². The monoisotopic (exact) mass is 318 g/mol. The smallest absolute Gasteiger partial charge is 0.266 e. The average molecular weight is 318 g/mol. The predicted octanol–water partition coefficient (Wildman–Crippen LogP) is 2.39. The van der Waals surface area contributed by atoms with E-state index in [9.17, 15) is 9.18 Å². The van der Waals surface area contributed by atoms with Gasteiger partial charge in [0.25, 0.3) is 5.56 Å². The van der Waals surface area contributed by atoms with Crippen molar-refractivity contribution in [3.63, 3.8) is 0 Å². The van der Waals surface area contributed by atoms with Crippen LogP contribution in [0.2, 0.25) is 0 Å². The fourth-order valence-corrected chi connectivity index (χ4v) is 3.27. The maximum atomic E-state index is 13.6. The maximum Gasteiger partial charge on any atom is 0.266 e. The summed E-state index contributed by atoms with van der Waals surface area (Å²) in [4.78, 5) is 18.0. The summed E-state index contributed by atoms with van der Waals surface area (Å²) in [5, 5.41) is 1.86. The number of benzene rings is 1. The molecule has 0 amide bonds. The van der Waals surface area contributed by atoms with Gasteiger partial charge in [-0.2, -0.15) is 0 Å². The first-order valence-corrected chi connectivity index (χ1v) is 7.63. The Morgan fingerprint density at radius 1 is 1.45 bits per heavy atom. The normalized spacial score (nSPS) is 12.7. The first kappa shape index (κ1) is 14.8. The van der Waals surface area contributed by atoms with E-state index in [2.05, 4.69) is 10.4 Å². The molecule has 3 N–H and O–H groups in total. The first-order chi connectivity index (χ1) is 10.5. The van der Waals surface area contributed by atoms with Crippen molar-refractivity contribution in [3.8, 4) is 11.1 Å². The zero-order valence-electron chi connectivity index (χ0n) is 12.1. The van der Waals surface area contributed by atoms with Crippen LogP contribution in [0.25, 0.3) is 16.1 Å². The summed E-state index contributed by atoms with van der Waals surface area (Å²) in [7, 11) is 0. The average Bonchev–Trinajstić information content (AvgIpc) is 2.87. The molecule has 0 fully saturated rings. The van der Waals surface area contributed by atoms with E-state index in [1.54, 1.807) is 12.1 Å². The molecule has 0 aliphatic carbocycles. The van der Waals surface area contributed by atoms with Gasteiger partial charge in [-0.1, -0.05) is 12.1 Å². The Morgan fingerprint density at radius 2 is 2.23 bits per heavy atom. The van der Waals surface area contributed by atoms with Crippen molar-refractivity contribution in [1.82, 2.24) is 14.8 Å². The van der Waals surface area contributed by atoms with Gasteiger partial charge in [0.05, 0.1) is 17.3 Å². The predicted molar refractivity (Wildman–Crippen MR) is 85.2 cm³/mol. The van der Waals surface area contributed by atoms with Gasteiger partial charge >= 0.3 is 0 Å². The SMILES string of the molecule is Cc1csc2nc([C@H](C)NN)c(-c3cccc(F)c3)c(=O)n12. The van der Waals surface area contributed by atoms with E-state index in [1.807, 2.05) is 19.2 Å². The van der Waals surface area contributed by atoms with Gasteiger partial charge in [0.15, 0.2) is 4.96 Å². The van der Waals surface area contributed by atoms with Crippen LogP contribution >= 0.6 is 11.3 Å². The lowest BCUT2D eigenvalue weighted by Crippen LogP contribution is -2.30. The second-order valence-corrected chi connectivity index (χ2v) is 5.91. The van der Waals surface area contributed by atoms with Gasteiger partial charge in [-0.25, -0.2) is 9.37 Å². The van der Waals surface area contributed by atoms with Crippen molar-refractivity contribution in [2.24, 2.45) is 5.84 Å². The molecule has 5 nitrogen and oxygen atoms in total. The fourth-order valence-electron chi connectivity index (χ4n) is 2.41. The Bertz CT molecular complexity index is 902. The second-order valence-electron chi connectivity index (χ2n) is 5.07. The highest BCUT2D eigenvalue weighted by Gasteiger charge is 2.20. The summed E-state index contributed by atoms with van der Waals surface area (Å²) in [6, 6.07) is 5.61.